The van der Waals surface area contributed by atoms with Crippen molar-refractivity contribution in [3.63, 3.8) is 0 Å². The molecule has 0 spiro atoms. The van der Waals surface area contributed by atoms with Crippen molar-refractivity contribution in [1.29, 1.82) is 5.26 Å². The quantitative estimate of drug-likeness (QED) is 0.782. The lowest BCUT2D eigenvalue weighted by atomic mass is 9.90. The van der Waals surface area contributed by atoms with Crippen molar-refractivity contribution in [1.82, 2.24) is 10.2 Å². The molecule has 1 aliphatic carbocycles. The molecule has 0 bridgehead atoms. The molecule has 2 rings (SSSR count). The number of carbonyl (C=O) groups excluding carboxylic acids is 1. The summed E-state index contributed by atoms with van der Waals surface area (Å²) in [6.45, 7) is 11.2. The van der Waals surface area contributed by atoms with Gasteiger partial charge in [0.05, 0.1) is 12.6 Å². The summed E-state index contributed by atoms with van der Waals surface area (Å²) < 4.78 is 0. The zero-order chi connectivity index (χ0) is 18.6. The molecular formula is C21H31N3O. The first kappa shape index (κ1) is 19.5. The van der Waals surface area contributed by atoms with Crippen molar-refractivity contribution in [2.75, 3.05) is 6.54 Å². The normalized spacial score (nSPS) is 16.8. The van der Waals surface area contributed by atoms with Gasteiger partial charge in [-0.25, -0.2) is 0 Å². The van der Waals surface area contributed by atoms with Crippen LogP contribution in [0.4, 0.5) is 0 Å². The summed E-state index contributed by atoms with van der Waals surface area (Å²) in [5.41, 5.74) is 1.75. The van der Waals surface area contributed by atoms with E-state index in [0.29, 0.717) is 18.5 Å². The minimum atomic E-state index is -0.814. The van der Waals surface area contributed by atoms with Gasteiger partial charge in [-0.1, -0.05) is 52.0 Å². The van der Waals surface area contributed by atoms with Crippen LogP contribution in [0.1, 0.15) is 64.5 Å². The number of rotatable bonds is 8. The van der Waals surface area contributed by atoms with Crippen LogP contribution in [0.5, 0.6) is 0 Å². The number of amides is 1. The maximum atomic E-state index is 12.5. The molecule has 1 aromatic carbocycles. The first-order chi connectivity index (χ1) is 11.7. The number of nitrogens with one attached hydrogen (secondary N) is 1. The van der Waals surface area contributed by atoms with Gasteiger partial charge in [-0.2, -0.15) is 5.26 Å². The molecule has 1 amide bonds. The summed E-state index contributed by atoms with van der Waals surface area (Å²) in [6, 6.07) is 11.4. The van der Waals surface area contributed by atoms with E-state index in [4.69, 9.17) is 0 Å². The molecule has 0 saturated heterocycles. The zero-order valence-electron chi connectivity index (χ0n) is 16.2. The second-order valence-corrected chi connectivity index (χ2v) is 8.05. The van der Waals surface area contributed by atoms with Gasteiger partial charge in [0.25, 0.3) is 0 Å². The van der Waals surface area contributed by atoms with Gasteiger partial charge in [0.15, 0.2) is 0 Å². The topological polar surface area (TPSA) is 56.1 Å². The zero-order valence-corrected chi connectivity index (χ0v) is 16.2. The number of benzene rings is 1. The lowest BCUT2D eigenvalue weighted by molar-refractivity contribution is -0.124. The molecule has 4 heteroatoms. The van der Waals surface area contributed by atoms with Gasteiger partial charge < -0.3 is 5.32 Å². The van der Waals surface area contributed by atoms with Crippen molar-refractivity contribution in [3.8, 4) is 6.07 Å². The Labute approximate surface area is 152 Å². The Kier molecular flexibility index (Phi) is 6.24. The molecule has 1 fully saturated rings. The molecule has 4 nitrogen and oxygen atoms in total. The molecule has 25 heavy (non-hydrogen) atoms. The summed E-state index contributed by atoms with van der Waals surface area (Å²) >= 11 is 0. The Bertz CT molecular complexity index is 626. The lowest BCUT2D eigenvalue weighted by Gasteiger charge is -2.29. The fraction of sp³-hybridized carbons (Fsp3) is 0.619. The van der Waals surface area contributed by atoms with Crippen LogP contribution < -0.4 is 5.32 Å². The second-order valence-electron chi connectivity index (χ2n) is 8.05. The van der Waals surface area contributed by atoms with E-state index < -0.39 is 5.54 Å². The highest BCUT2D eigenvalue weighted by molar-refractivity contribution is 5.79. The van der Waals surface area contributed by atoms with Crippen LogP contribution in [-0.4, -0.2) is 28.9 Å². The average Bonchev–Trinajstić information content (AvgIpc) is 3.39. The van der Waals surface area contributed by atoms with E-state index in [0.717, 1.165) is 19.4 Å². The van der Waals surface area contributed by atoms with Crippen LogP contribution in [0, 0.1) is 17.2 Å². The largest absolute Gasteiger partial charge is 0.337 e. The van der Waals surface area contributed by atoms with Gasteiger partial charge in [0.2, 0.25) is 5.91 Å². The molecule has 1 unspecified atom stereocenters. The van der Waals surface area contributed by atoms with Crippen LogP contribution in [0.25, 0.3) is 0 Å². The molecule has 1 aliphatic rings. The Morgan fingerprint density at radius 1 is 1.28 bits per heavy atom. The van der Waals surface area contributed by atoms with Crippen molar-refractivity contribution < 1.29 is 4.79 Å². The lowest BCUT2D eigenvalue weighted by Crippen LogP contribution is -2.52. The van der Waals surface area contributed by atoms with E-state index in [1.54, 1.807) is 6.92 Å². The maximum absolute atomic E-state index is 12.5. The van der Waals surface area contributed by atoms with Crippen molar-refractivity contribution in [2.24, 2.45) is 5.92 Å². The van der Waals surface area contributed by atoms with Crippen LogP contribution >= 0.6 is 0 Å². The van der Waals surface area contributed by atoms with Crippen molar-refractivity contribution in [3.05, 3.63) is 35.4 Å². The number of hydrogen-bond donors (Lipinski definition) is 1. The van der Waals surface area contributed by atoms with Gasteiger partial charge >= 0.3 is 0 Å². The SMILES string of the molecule is CC(C)c1ccc(CN(CC(=O)NC(C)(C#N)C(C)C)C2CC2)cc1. The average molecular weight is 341 g/mol. The Hall–Kier alpha value is -1.86. The van der Waals surface area contributed by atoms with E-state index in [2.05, 4.69) is 54.4 Å². The van der Waals surface area contributed by atoms with Crippen molar-refractivity contribution >= 4 is 5.91 Å². The fourth-order valence-corrected chi connectivity index (χ4v) is 2.81. The molecule has 1 N–H and O–H groups in total. The molecule has 136 valence electrons. The van der Waals surface area contributed by atoms with Crippen LogP contribution in [-0.2, 0) is 11.3 Å². The third kappa shape index (κ3) is 5.31. The van der Waals surface area contributed by atoms with E-state index in [1.807, 2.05) is 13.8 Å². The maximum Gasteiger partial charge on any atom is 0.235 e. The molecule has 0 aliphatic heterocycles. The predicted octanol–water partition coefficient (Wildman–Crippen LogP) is 3.83. The van der Waals surface area contributed by atoms with Crippen LogP contribution in [0.3, 0.4) is 0 Å². The molecule has 1 saturated carbocycles. The summed E-state index contributed by atoms with van der Waals surface area (Å²) in [6.07, 6.45) is 2.30. The Morgan fingerprint density at radius 2 is 1.88 bits per heavy atom. The first-order valence-corrected chi connectivity index (χ1v) is 9.30. The number of nitrogens with zero attached hydrogens (tertiary/aromatic N) is 2. The van der Waals surface area contributed by atoms with E-state index in [9.17, 15) is 10.1 Å². The first-order valence-electron chi connectivity index (χ1n) is 9.30. The smallest absolute Gasteiger partial charge is 0.235 e. The highest BCUT2D eigenvalue weighted by atomic mass is 16.2. The van der Waals surface area contributed by atoms with Crippen LogP contribution in [0.2, 0.25) is 0 Å². The van der Waals surface area contributed by atoms with Gasteiger partial charge in [0.1, 0.15) is 5.54 Å². The van der Waals surface area contributed by atoms with Crippen molar-refractivity contribution in [2.45, 2.75) is 71.5 Å². The summed E-state index contributed by atoms with van der Waals surface area (Å²) in [4.78, 5) is 14.7. The van der Waals surface area contributed by atoms with E-state index >= 15 is 0 Å². The minimum Gasteiger partial charge on any atom is -0.337 e. The number of hydrogen-bond acceptors (Lipinski definition) is 3. The Balaban J connectivity index is 1.99. The Morgan fingerprint density at radius 3 is 2.32 bits per heavy atom. The molecule has 0 aromatic heterocycles. The van der Waals surface area contributed by atoms with Gasteiger partial charge in [-0.05, 0) is 42.7 Å². The summed E-state index contributed by atoms with van der Waals surface area (Å²) in [5.74, 6) is 0.530. The molecular weight excluding hydrogens is 310 g/mol. The third-order valence-electron chi connectivity index (χ3n) is 5.23. The van der Waals surface area contributed by atoms with Gasteiger partial charge in [0, 0.05) is 12.6 Å². The van der Waals surface area contributed by atoms with Gasteiger partial charge in [-0.3, -0.25) is 9.69 Å². The second kappa shape index (κ2) is 8.01. The fourth-order valence-electron chi connectivity index (χ4n) is 2.81. The molecule has 0 heterocycles. The van der Waals surface area contributed by atoms with Crippen LogP contribution in [0.15, 0.2) is 24.3 Å². The van der Waals surface area contributed by atoms with E-state index in [1.165, 1.54) is 11.1 Å². The minimum absolute atomic E-state index is 0.0662. The standard InChI is InChI=1S/C21H31N3O/c1-15(2)18-8-6-17(7-9-18)12-24(19-10-11-19)13-20(25)23-21(5,14-22)16(3)4/h6-9,15-16,19H,10-13H2,1-5H3,(H,23,25). The summed E-state index contributed by atoms with van der Waals surface area (Å²) in [5, 5.41) is 12.3. The number of carbonyl (C=O) groups is 1. The summed E-state index contributed by atoms with van der Waals surface area (Å²) in [7, 11) is 0. The third-order valence-corrected chi connectivity index (χ3v) is 5.23. The van der Waals surface area contributed by atoms with Gasteiger partial charge in [-0.15, -0.1) is 0 Å². The highest BCUT2D eigenvalue weighted by Gasteiger charge is 2.34. The molecule has 1 atom stereocenters. The monoisotopic (exact) mass is 341 g/mol. The molecule has 1 aromatic rings. The number of nitriles is 1. The predicted molar refractivity (Wildman–Crippen MR) is 101 cm³/mol. The van der Waals surface area contributed by atoms with E-state index in [-0.39, 0.29) is 11.8 Å². The molecule has 0 radical (unpaired) electrons. The highest BCUT2D eigenvalue weighted by Crippen LogP contribution is 2.28.